The normalized spacial score (nSPS) is 11.2. The summed E-state index contributed by atoms with van der Waals surface area (Å²) < 4.78 is 4.11. The molecule has 0 rings (SSSR count). The van der Waals surface area contributed by atoms with Gasteiger partial charge in [-0.1, -0.05) is 13.8 Å². The highest BCUT2D eigenvalue weighted by atomic mass is 32.2. The summed E-state index contributed by atoms with van der Waals surface area (Å²) in [7, 11) is 0.684. The molecular weight excluding hydrogens is 232 g/mol. The number of hydrogen-bond donors (Lipinski definition) is 0. The van der Waals surface area contributed by atoms with Gasteiger partial charge < -0.3 is 5.26 Å². The van der Waals surface area contributed by atoms with Gasteiger partial charge in [0.25, 0.3) is 0 Å². The van der Waals surface area contributed by atoms with Crippen LogP contribution in [0.5, 0.6) is 0 Å². The molecule has 0 radical (unpaired) electrons. The Balaban J connectivity index is 0. The van der Waals surface area contributed by atoms with Crippen LogP contribution in [0.15, 0.2) is 0 Å². The molecule has 0 aromatic rings. The van der Waals surface area contributed by atoms with Crippen LogP contribution in [0.3, 0.4) is 0 Å². The van der Waals surface area contributed by atoms with Crippen LogP contribution in [-0.2, 0) is 20.3 Å². The van der Waals surface area contributed by atoms with Crippen molar-refractivity contribution in [1.29, 1.82) is 0 Å². The van der Waals surface area contributed by atoms with Gasteiger partial charge in [0, 0.05) is 16.8 Å². The van der Waals surface area contributed by atoms with Gasteiger partial charge >= 0.3 is 0 Å². The lowest BCUT2D eigenvalue weighted by Gasteiger charge is -2.19. The summed E-state index contributed by atoms with van der Waals surface area (Å²) >= 11 is 1.04. The number of hydrogen-bond acceptors (Lipinski definition) is 4. The van der Waals surface area contributed by atoms with Gasteiger partial charge in [-0.15, -0.1) is 0 Å². The van der Waals surface area contributed by atoms with Crippen LogP contribution in [0.2, 0.25) is 0 Å². The molecule has 0 aliphatic heterocycles. The molecule has 0 atom stereocenters. The minimum atomic E-state index is -0.0373. The Morgan fingerprint density at radius 1 is 1.27 bits per heavy atom. The minimum absolute atomic E-state index is 0.0373. The summed E-state index contributed by atoms with van der Waals surface area (Å²) in [6, 6.07) is 0. The lowest BCUT2D eigenvalue weighted by atomic mass is 10.1. The molecule has 0 amide bonds. The minimum Gasteiger partial charge on any atom is -0.691 e. The third-order valence-corrected chi connectivity index (χ3v) is 3.84. The molecule has 0 aliphatic carbocycles. The summed E-state index contributed by atoms with van der Waals surface area (Å²) in [5.41, 5.74) is 0. The van der Waals surface area contributed by atoms with Crippen molar-refractivity contribution < 1.29 is 14.6 Å². The van der Waals surface area contributed by atoms with E-state index in [0.29, 0.717) is 10.9 Å². The SMILES string of the molecule is CCC(C)(C)SOO[O-].CCC[S+](C)C. The third kappa shape index (κ3) is 17.2. The summed E-state index contributed by atoms with van der Waals surface area (Å²) in [5.74, 6) is 1.40. The standard InChI is InChI=1S/C5H12O3S.C5H13S/c1-4-5(2,3)9-8-7-6;1-4-5-6(2)3/h6H,4H2,1-3H3;4-5H2,1-3H3/q;+1/p-1. The topological polar surface area (TPSA) is 41.5 Å². The fourth-order valence-corrected chi connectivity index (χ4v) is 1.72. The van der Waals surface area contributed by atoms with Crippen LogP contribution in [0.4, 0.5) is 0 Å². The highest BCUT2D eigenvalue weighted by molar-refractivity contribution is 7.96. The van der Waals surface area contributed by atoms with E-state index in [-0.39, 0.29) is 4.75 Å². The second kappa shape index (κ2) is 11.1. The average molecular weight is 256 g/mol. The maximum Gasteiger partial charge on any atom is 0.107 e. The quantitative estimate of drug-likeness (QED) is 0.316. The second-order valence-corrected chi connectivity index (χ2v) is 7.81. The Kier molecular flexibility index (Phi) is 13.3. The van der Waals surface area contributed by atoms with Crippen LogP contribution in [0, 0.1) is 0 Å². The van der Waals surface area contributed by atoms with Crippen molar-refractivity contribution in [3.05, 3.63) is 0 Å². The van der Waals surface area contributed by atoms with E-state index in [1.165, 1.54) is 12.2 Å². The van der Waals surface area contributed by atoms with Crippen molar-refractivity contribution in [3.8, 4) is 0 Å². The molecule has 0 spiro atoms. The highest BCUT2D eigenvalue weighted by Gasteiger charge is 2.16. The molecule has 0 saturated carbocycles. The van der Waals surface area contributed by atoms with E-state index < -0.39 is 0 Å². The molecule has 0 N–H and O–H groups in total. The Labute approximate surface area is 101 Å². The first-order valence-corrected chi connectivity index (χ1v) is 8.03. The molecule has 0 aromatic heterocycles. The Hall–Kier alpha value is 0.580. The van der Waals surface area contributed by atoms with Crippen molar-refractivity contribution in [2.24, 2.45) is 0 Å². The van der Waals surface area contributed by atoms with Crippen molar-refractivity contribution in [2.75, 3.05) is 18.3 Å². The van der Waals surface area contributed by atoms with Gasteiger partial charge in [-0.25, -0.2) is 0 Å². The zero-order valence-electron chi connectivity index (χ0n) is 10.7. The van der Waals surface area contributed by atoms with Gasteiger partial charge in [0.1, 0.15) is 5.75 Å². The molecule has 3 nitrogen and oxygen atoms in total. The summed E-state index contributed by atoms with van der Waals surface area (Å²) in [6.07, 6.45) is 6.84. The van der Waals surface area contributed by atoms with Crippen LogP contribution >= 0.6 is 12.0 Å². The molecule has 0 saturated heterocycles. The van der Waals surface area contributed by atoms with Gasteiger partial charge in [0.05, 0.1) is 12.5 Å². The van der Waals surface area contributed by atoms with Gasteiger partial charge in [0.15, 0.2) is 0 Å². The molecule has 5 heteroatoms. The summed E-state index contributed by atoms with van der Waals surface area (Å²) in [5, 5.41) is 12.5. The van der Waals surface area contributed by atoms with E-state index in [1.54, 1.807) is 0 Å². The molecule has 0 heterocycles. The van der Waals surface area contributed by atoms with Gasteiger partial charge in [-0.2, -0.15) is 4.33 Å². The molecule has 0 aromatic carbocycles. The predicted octanol–water partition coefficient (Wildman–Crippen LogP) is 2.32. The molecule has 94 valence electrons. The highest BCUT2D eigenvalue weighted by Crippen LogP contribution is 2.27. The van der Waals surface area contributed by atoms with Gasteiger partial charge in [-0.05, 0) is 37.6 Å². The zero-order chi connectivity index (χ0) is 12.3. The van der Waals surface area contributed by atoms with E-state index >= 15 is 0 Å². The molecule has 15 heavy (non-hydrogen) atoms. The van der Waals surface area contributed by atoms with E-state index in [0.717, 1.165) is 18.5 Å². The first-order valence-electron chi connectivity index (χ1n) is 5.08. The van der Waals surface area contributed by atoms with E-state index in [4.69, 9.17) is 0 Å². The van der Waals surface area contributed by atoms with Crippen molar-refractivity contribution in [1.82, 2.24) is 0 Å². The Morgan fingerprint density at radius 2 is 1.80 bits per heavy atom. The van der Waals surface area contributed by atoms with Crippen LogP contribution in [-0.4, -0.2) is 23.0 Å². The monoisotopic (exact) mass is 256 g/mol. The third-order valence-electron chi connectivity index (χ3n) is 1.75. The van der Waals surface area contributed by atoms with E-state index in [2.05, 4.69) is 28.8 Å². The van der Waals surface area contributed by atoms with Crippen molar-refractivity contribution in [3.63, 3.8) is 0 Å². The number of rotatable bonds is 6. The van der Waals surface area contributed by atoms with Crippen molar-refractivity contribution in [2.45, 2.75) is 45.3 Å². The predicted molar refractivity (Wildman–Crippen MR) is 68.5 cm³/mol. The largest absolute Gasteiger partial charge is 0.691 e. The fourth-order valence-electron chi connectivity index (χ4n) is 0.573. The first-order chi connectivity index (χ1) is 6.89. The molecular formula is C10H24O3S2. The lowest BCUT2D eigenvalue weighted by molar-refractivity contribution is -0.777. The maximum absolute atomic E-state index is 9.35. The van der Waals surface area contributed by atoms with E-state index in [9.17, 15) is 5.26 Å². The summed E-state index contributed by atoms with van der Waals surface area (Å²) in [4.78, 5) is 0. The fraction of sp³-hybridized carbons (Fsp3) is 1.00. The van der Waals surface area contributed by atoms with Gasteiger partial charge in [-0.3, -0.25) is 5.04 Å². The maximum atomic E-state index is 9.35. The lowest BCUT2D eigenvalue weighted by Crippen LogP contribution is -2.15. The van der Waals surface area contributed by atoms with Crippen molar-refractivity contribution >= 4 is 22.9 Å². The summed E-state index contributed by atoms with van der Waals surface area (Å²) in [6.45, 7) is 8.18. The van der Waals surface area contributed by atoms with Crippen LogP contribution < -0.4 is 5.26 Å². The van der Waals surface area contributed by atoms with Crippen LogP contribution in [0.1, 0.15) is 40.5 Å². The molecule has 0 bridgehead atoms. The smallest absolute Gasteiger partial charge is 0.107 e. The van der Waals surface area contributed by atoms with Gasteiger partial charge in [0.2, 0.25) is 0 Å². The second-order valence-electron chi connectivity index (χ2n) is 4.02. The Morgan fingerprint density at radius 3 is 2.00 bits per heavy atom. The molecule has 0 unspecified atom stereocenters. The first kappa shape index (κ1) is 18.0. The molecule has 0 fully saturated rings. The van der Waals surface area contributed by atoms with E-state index in [1.807, 2.05) is 20.8 Å². The zero-order valence-corrected chi connectivity index (χ0v) is 12.3. The molecule has 0 aliphatic rings. The average Bonchev–Trinajstić information content (AvgIpc) is 2.16. The Bertz CT molecular complexity index is 130. The van der Waals surface area contributed by atoms with Crippen LogP contribution in [0.25, 0.3) is 0 Å².